The Hall–Kier alpha value is -0.120. The second-order valence-corrected chi connectivity index (χ2v) is 5.44. The molecule has 1 heterocycles. The predicted molar refractivity (Wildman–Crippen MR) is 70.9 cm³/mol. The molecule has 0 spiro atoms. The molecule has 3 atom stereocenters. The molecule has 3 nitrogen and oxygen atoms in total. The molecule has 96 valence electrons. The Morgan fingerprint density at radius 3 is 2.31 bits per heavy atom. The first-order chi connectivity index (χ1) is 7.54. The summed E-state index contributed by atoms with van der Waals surface area (Å²) < 4.78 is 0. The molecule has 0 aromatic heterocycles. The van der Waals surface area contributed by atoms with Crippen molar-refractivity contribution in [2.24, 2.45) is 0 Å². The molecule has 0 aliphatic carbocycles. The summed E-state index contributed by atoms with van der Waals surface area (Å²) in [6, 6.07) is 1.98. The van der Waals surface area contributed by atoms with Gasteiger partial charge in [0.05, 0.1) is 0 Å². The molecule has 1 N–H and O–H groups in total. The number of hydrogen-bond donors (Lipinski definition) is 1. The zero-order valence-corrected chi connectivity index (χ0v) is 11.7. The van der Waals surface area contributed by atoms with Gasteiger partial charge in [0, 0.05) is 37.8 Å². The van der Waals surface area contributed by atoms with E-state index in [0.717, 1.165) is 6.54 Å². The lowest BCUT2D eigenvalue weighted by molar-refractivity contribution is 0.0555. The van der Waals surface area contributed by atoms with Gasteiger partial charge in [0.25, 0.3) is 0 Å². The van der Waals surface area contributed by atoms with E-state index < -0.39 is 0 Å². The second kappa shape index (κ2) is 6.58. The average molecular weight is 227 g/mol. The molecule has 0 saturated carbocycles. The Labute approximate surface area is 101 Å². The maximum absolute atomic E-state index is 3.57. The maximum atomic E-state index is 3.57. The SMILES string of the molecule is CCCNC(C)CN1CC(C)N(C)C(C)C1. The van der Waals surface area contributed by atoms with Gasteiger partial charge in [-0.1, -0.05) is 6.92 Å². The van der Waals surface area contributed by atoms with Gasteiger partial charge < -0.3 is 5.32 Å². The number of nitrogens with one attached hydrogen (secondary N) is 1. The van der Waals surface area contributed by atoms with E-state index in [0.29, 0.717) is 18.1 Å². The summed E-state index contributed by atoms with van der Waals surface area (Å²) in [4.78, 5) is 5.09. The largest absolute Gasteiger partial charge is 0.313 e. The van der Waals surface area contributed by atoms with Crippen LogP contribution in [0.5, 0.6) is 0 Å². The predicted octanol–water partition coefficient (Wildman–Crippen LogP) is 1.40. The molecule has 1 aliphatic heterocycles. The van der Waals surface area contributed by atoms with Crippen molar-refractivity contribution in [3.63, 3.8) is 0 Å². The molecule has 0 aromatic rings. The van der Waals surface area contributed by atoms with Gasteiger partial charge in [-0.3, -0.25) is 9.80 Å². The standard InChI is InChI=1S/C13H29N3/c1-6-7-14-11(2)8-16-9-12(3)15(5)13(4)10-16/h11-14H,6-10H2,1-5H3. The molecule has 3 unspecified atom stereocenters. The number of nitrogens with zero attached hydrogens (tertiary/aromatic N) is 2. The molecular formula is C13H29N3. The number of rotatable bonds is 5. The van der Waals surface area contributed by atoms with Crippen molar-refractivity contribution in [1.29, 1.82) is 0 Å². The topological polar surface area (TPSA) is 18.5 Å². The lowest BCUT2D eigenvalue weighted by Gasteiger charge is -2.43. The van der Waals surface area contributed by atoms with Crippen LogP contribution in [0.4, 0.5) is 0 Å². The van der Waals surface area contributed by atoms with Crippen molar-refractivity contribution in [2.75, 3.05) is 33.2 Å². The summed E-state index contributed by atoms with van der Waals surface area (Å²) in [6.45, 7) is 13.9. The lowest BCUT2D eigenvalue weighted by atomic mass is 10.1. The fraction of sp³-hybridized carbons (Fsp3) is 1.00. The minimum atomic E-state index is 0.614. The first-order valence-electron chi connectivity index (χ1n) is 6.72. The highest BCUT2D eigenvalue weighted by Gasteiger charge is 2.26. The zero-order chi connectivity index (χ0) is 12.1. The van der Waals surface area contributed by atoms with Gasteiger partial charge in [-0.15, -0.1) is 0 Å². The summed E-state index contributed by atoms with van der Waals surface area (Å²) in [5, 5.41) is 3.57. The number of hydrogen-bond acceptors (Lipinski definition) is 3. The third-order valence-corrected chi connectivity index (χ3v) is 3.71. The smallest absolute Gasteiger partial charge is 0.0195 e. The highest BCUT2D eigenvalue weighted by Crippen LogP contribution is 2.13. The third kappa shape index (κ3) is 4.04. The zero-order valence-electron chi connectivity index (χ0n) is 11.7. The van der Waals surface area contributed by atoms with Crippen molar-refractivity contribution < 1.29 is 0 Å². The summed E-state index contributed by atoms with van der Waals surface area (Å²) in [5.41, 5.74) is 0. The van der Waals surface area contributed by atoms with Gasteiger partial charge in [-0.2, -0.15) is 0 Å². The van der Waals surface area contributed by atoms with Crippen molar-refractivity contribution in [1.82, 2.24) is 15.1 Å². The normalized spacial score (nSPS) is 30.6. The summed E-state index contributed by atoms with van der Waals surface area (Å²) in [7, 11) is 2.24. The van der Waals surface area contributed by atoms with Gasteiger partial charge in [-0.05, 0) is 40.8 Å². The third-order valence-electron chi connectivity index (χ3n) is 3.71. The van der Waals surface area contributed by atoms with E-state index >= 15 is 0 Å². The maximum Gasteiger partial charge on any atom is 0.0195 e. The van der Waals surface area contributed by atoms with E-state index in [4.69, 9.17) is 0 Å². The summed E-state index contributed by atoms with van der Waals surface area (Å²) in [6.07, 6.45) is 1.22. The van der Waals surface area contributed by atoms with Gasteiger partial charge in [0.1, 0.15) is 0 Å². The van der Waals surface area contributed by atoms with Crippen molar-refractivity contribution >= 4 is 0 Å². The molecule has 1 rings (SSSR count). The fourth-order valence-corrected chi connectivity index (χ4v) is 2.51. The summed E-state index contributed by atoms with van der Waals surface area (Å²) in [5.74, 6) is 0. The van der Waals surface area contributed by atoms with Crippen molar-refractivity contribution in [3.05, 3.63) is 0 Å². The van der Waals surface area contributed by atoms with Gasteiger partial charge >= 0.3 is 0 Å². The Morgan fingerprint density at radius 1 is 1.25 bits per heavy atom. The minimum Gasteiger partial charge on any atom is -0.313 e. The number of likely N-dealkylation sites (N-methyl/N-ethyl adjacent to an activating group) is 1. The molecule has 0 bridgehead atoms. The molecular weight excluding hydrogens is 198 g/mol. The van der Waals surface area contributed by atoms with Crippen LogP contribution in [-0.2, 0) is 0 Å². The van der Waals surface area contributed by atoms with Gasteiger partial charge in [0.2, 0.25) is 0 Å². The van der Waals surface area contributed by atoms with Crippen LogP contribution in [0.3, 0.4) is 0 Å². The van der Waals surface area contributed by atoms with Crippen molar-refractivity contribution in [3.8, 4) is 0 Å². The Balaban J connectivity index is 2.32. The van der Waals surface area contributed by atoms with Gasteiger partial charge in [0.15, 0.2) is 0 Å². The molecule has 3 heteroatoms. The van der Waals surface area contributed by atoms with Crippen LogP contribution in [0.25, 0.3) is 0 Å². The molecule has 0 amide bonds. The van der Waals surface area contributed by atoms with E-state index in [1.165, 1.54) is 26.1 Å². The second-order valence-electron chi connectivity index (χ2n) is 5.44. The highest BCUT2D eigenvalue weighted by atomic mass is 15.3. The first-order valence-corrected chi connectivity index (χ1v) is 6.72. The van der Waals surface area contributed by atoms with E-state index in [-0.39, 0.29) is 0 Å². The highest BCUT2D eigenvalue weighted by molar-refractivity contribution is 4.84. The van der Waals surface area contributed by atoms with Crippen LogP contribution < -0.4 is 5.32 Å². The van der Waals surface area contributed by atoms with Crippen LogP contribution in [0.15, 0.2) is 0 Å². The summed E-state index contributed by atoms with van der Waals surface area (Å²) >= 11 is 0. The average Bonchev–Trinajstić information content (AvgIpc) is 2.23. The molecule has 16 heavy (non-hydrogen) atoms. The lowest BCUT2D eigenvalue weighted by Crippen LogP contribution is -2.56. The molecule has 0 radical (unpaired) electrons. The molecule has 0 aromatic carbocycles. The molecule has 1 saturated heterocycles. The van der Waals surface area contributed by atoms with E-state index in [2.05, 4.69) is 49.9 Å². The minimum absolute atomic E-state index is 0.614. The van der Waals surface area contributed by atoms with E-state index in [1.54, 1.807) is 0 Å². The quantitative estimate of drug-likeness (QED) is 0.766. The Bertz CT molecular complexity index is 184. The van der Waals surface area contributed by atoms with Crippen LogP contribution in [0.2, 0.25) is 0 Å². The Kier molecular flexibility index (Phi) is 5.73. The van der Waals surface area contributed by atoms with Crippen LogP contribution in [0, 0.1) is 0 Å². The Morgan fingerprint density at radius 2 is 1.81 bits per heavy atom. The van der Waals surface area contributed by atoms with E-state index in [1.807, 2.05) is 0 Å². The van der Waals surface area contributed by atoms with Crippen molar-refractivity contribution in [2.45, 2.75) is 52.2 Å². The first kappa shape index (κ1) is 13.9. The van der Waals surface area contributed by atoms with Crippen LogP contribution in [-0.4, -0.2) is 61.2 Å². The molecule has 1 aliphatic rings. The van der Waals surface area contributed by atoms with E-state index in [9.17, 15) is 0 Å². The number of piperazine rings is 1. The fourth-order valence-electron chi connectivity index (χ4n) is 2.51. The monoisotopic (exact) mass is 227 g/mol. The van der Waals surface area contributed by atoms with Crippen LogP contribution in [0.1, 0.15) is 34.1 Å². The van der Waals surface area contributed by atoms with Crippen LogP contribution >= 0.6 is 0 Å². The molecule has 1 fully saturated rings. The van der Waals surface area contributed by atoms with Gasteiger partial charge in [-0.25, -0.2) is 0 Å².